The first-order chi connectivity index (χ1) is 7.66. The number of rotatable bonds is 2. The van der Waals surface area contributed by atoms with Gasteiger partial charge < -0.3 is 10.4 Å². The Kier molecular flexibility index (Phi) is 3.46. The molecule has 0 spiro atoms. The van der Waals surface area contributed by atoms with Crippen LogP contribution in [0.1, 0.15) is 25.5 Å². The molecule has 2 atom stereocenters. The van der Waals surface area contributed by atoms with E-state index in [9.17, 15) is 5.11 Å². The average molecular weight is 220 g/mol. The number of phenols is 1. The zero-order valence-electron chi connectivity index (χ0n) is 9.98. The molecule has 0 saturated carbocycles. The Labute approximate surface area is 97.1 Å². The van der Waals surface area contributed by atoms with Crippen LogP contribution in [0.3, 0.4) is 0 Å². The van der Waals surface area contributed by atoms with Crippen LogP contribution in [-0.4, -0.2) is 35.7 Å². The molecule has 16 heavy (non-hydrogen) atoms. The zero-order valence-corrected chi connectivity index (χ0v) is 9.98. The lowest BCUT2D eigenvalue weighted by Gasteiger charge is -2.36. The molecule has 3 heteroatoms. The van der Waals surface area contributed by atoms with Crippen LogP contribution in [0.5, 0.6) is 5.75 Å². The van der Waals surface area contributed by atoms with Gasteiger partial charge in [-0.2, -0.15) is 0 Å². The second kappa shape index (κ2) is 4.85. The van der Waals surface area contributed by atoms with Crippen molar-refractivity contribution in [1.29, 1.82) is 0 Å². The highest BCUT2D eigenvalue weighted by atomic mass is 16.3. The Balaban J connectivity index is 2.06. The molecule has 1 saturated heterocycles. The predicted molar refractivity (Wildman–Crippen MR) is 65.6 cm³/mol. The molecule has 1 aromatic rings. The monoisotopic (exact) mass is 220 g/mol. The molecule has 1 aliphatic heterocycles. The highest BCUT2D eigenvalue weighted by molar-refractivity contribution is 5.27. The Morgan fingerprint density at radius 2 is 2.06 bits per heavy atom. The molecule has 0 radical (unpaired) electrons. The van der Waals surface area contributed by atoms with Gasteiger partial charge in [0.05, 0.1) is 0 Å². The van der Waals surface area contributed by atoms with E-state index >= 15 is 0 Å². The van der Waals surface area contributed by atoms with Crippen molar-refractivity contribution in [2.24, 2.45) is 0 Å². The summed E-state index contributed by atoms with van der Waals surface area (Å²) in [5.74, 6) is 0.338. The third-order valence-electron chi connectivity index (χ3n) is 3.32. The van der Waals surface area contributed by atoms with Gasteiger partial charge >= 0.3 is 0 Å². The van der Waals surface area contributed by atoms with E-state index in [2.05, 4.69) is 24.1 Å². The number of hydrogen-bond donors (Lipinski definition) is 2. The summed E-state index contributed by atoms with van der Waals surface area (Å²) in [6.45, 7) is 7.68. The van der Waals surface area contributed by atoms with Gasteiger partial charge in [0.25, 0.3) is 0 Å². The minimum atomic E-state index is 0.338. The summed E-state index contributed by atoms with van der Waals surface area (Å²) in [4.78, 5) is 2.48. The highest BCUT2D eigenvalue weighted by Crippen LogP contribution is 2.22. The summed E-state index contributed by atoms with van der Waals surface area (Å²) < 4.78 is 0. The first-order valence-corrected chi connectivity index (χ1v) is 5.93. The Morgan fingerprint density at radius 1 is 1.38 bits per heavy atom. The summed E-state index contributed by atoms with van der Waals surface area (Å²) >= 11 is 0. The van der Waals surface area contributed by atoms with E-state index in [-0.39, 0.29) is 0 Å². The Bertz CT molecular complexity index is 336. The largest absolute Gasteiger partial charge is 0.508 e. The number of nitrogens with zero attached hydrogens (tertiary/aromatic N) is 1. The molecule has 1 heterocycles. The molecule has 3 nitrogen and oxygen atoms in total. The smallest absolute Gasteiger partial charge is 0.115 e. The first kappa shape index (κ1) is 11.4. The molecule has 2 rings (SSSR count). The van der Waals surface area contributed by atoms with Gasteiger partial charge in [-0.1, -0.05) is 12.1 Å². The van der Waals surface area contributed by atoms with Gasteiger partial charge in [0.15, 0.2) is 0 Å². The van der Waals surface area contributed by atoms with Crippen LogP contribution in [0, 0.1) is 0 Å². The second-order valence-corrected chi connectivity index (χ2v) is 4.62. The standard InChI is InChI=1S/C13H20N2O/c1-10-9-15(8-7-14-10)11(2)12-3-5-13(16)6-4-12/h3-6,10-11,14,16H,7-9H2,1-2H3. The van der Waals surface area contributed by atoms with Crippen molar-refractivity contribution in [2.45, 2.75) is 25.9 Å². The number of hydrogen-bond acceptors (Lipinski definition) is 3. The highest BCUT2D eigenvalue weighted by Gasteiger charge is 2.21. The van der Waals surface area contributed by atoms with Crippen molar-refractivity contribution in [1.82, 2.24) is 10.2 Å². The fourth-order valence-electron chi connectivity index (χ4n) is 2.28. The van der Waals surface area contributed by atoms with Crippen LogP contribution in [0.2, 0.25) is 0 Å². The predicted octanol–water partition coefficient (Wildman–Crippen LogP) is 1.75. The summed E-state index contributed by atoms with van der Waals surface area (Å²) in [6, 6.07) is 8.52. The van der Waals surface area contributed by atoms with Crippen LogP contribution in [0.4, 0.5) is 0 Å². The third-order valence-corrected chi connectivity index (χ3v) is 3.32. The van der Waals surface area contributed by atoms with E-state index in [0.29, 0.717) is 17.8 Å². The van der Waals surface area contributed by atoms with Gasteiger partial charge in [0, 0.05) is 31.7 Å². The van der Waals surface area contributed by atoms with Gasteiger partial charge in [-0.15, -0.1) is 0 Å². The minimum Gasteiger partial charge on any atom is -0.508 e. The second-order valence-electron chi connectivity index (χ2n) is 4.62. The summed E-state index contributed by atoms with van der Waals surface area (Å²) in [7, 11) is 0. The topological polar surface area (TPSA) is 35.5 Å². The third kappa shape index (κ3) is 2.54. The Hall–Kier alpha value is -1.06. The van der Waals surface area contributed by atoms with Crippen molar-refractivity contribution < 1.29 is 5.11 Å². The lowest BCUT2D eigenvalue weighted by molar-refractivity contribution is 0.158. The first-order valence-electron chi connectivity index (χ1n) is 5.93. The number of nitrogens with one attached hydrogen (secondary N) is 1. The van der Waals surface area contributed by atoms with Crippen LogP contribution < -0.4 is 5.32 Å². The zero-order chi connectivity index (χ0) is 11.5. The molecule has 1 fully saturated rings. The van der Waals surface area contributed by atoms with E-state index in [1.165, 1.54) is 5.56 Å². The van der Waals surface area contributed by atoms with Gasteiger partial charge in [0.1, 0.15) is 5.75 Å². The molecule has 88 valence electrons. The Morgan fingerprint density at radius 3 is 2.69 bits per heavy atom. The molecule has 0 aromatic heterocycles. The van der Waals surface area contributed by atoms with E-state index in [4.69, 9.17) is 0 Å². The maximum Gasteiger partial charge on any atom is 0.115 e. The number of benzene rings is 1. The number of piperazine rings is 1. The van der Waals surface area contributed by atoms with Gasteiger partial charge in [-0.05, 0) is 31.5 Å². The number of phenolic OH excluding ortho intramolecular Hbond substituents is 1. The maximum absolute atomic E-state index is 9.27. The lowest BCUT2D eigenvalue weighted by Crippen LogP contribution is -2.49. The van der Waals surface area contributed by atoms with Crippen LogP contribution >= 0.6 is 0 Å². The van der Waals surface area contributed by atoms with Crippen molar-refractivity contribution >= 4 is 0 Å². The fourth-order valence-corrected chi connectivity index (χ4v) is 2.28. The van der Waals surface area contributed by atoms with E-state index in [1.807, 2.05) is 12.1 Å². The molecule has 0 aliphatic carbocycles. The lowest BCUT2D eigenvalue weighted by atomic mass is 10.1. The van der Waals surface area contributed by atoms with E-state index in [0.717, 1.165) is 19.6 Å². The van der Waals surface area contributed by atoms with E-state index in [1.54, 1.807) is 12.1 Å². The van der Waals surface area contributed by atoms with Crippen molar-refractivity contribution in [3.63, 3.8) is 0 Å². The van der Waals surface area contributed by atoms with Crippen molar-refractivity contribution in [3.05, 3.63) is 29.8 Å². The molecule has 1 aliphatic rings. The van der Waals surface area contributed by atoms with Crippen LogP contribution in [0.25, 0.3) is 0 Å². The molecule has 1 aromatic carbocycles. The molecule has 0 bridgehead atoms. The van der Waals surface area contributed by atoms with Crippen LogP contribution in [-0.2, 0) is 0 Å². The summed E-state index contributed by atoms with van der Waals surface area (Å²) in [5, 5.41) is 12.7. The van der Waals surface area contributed by atoms with E-state index < -0.39 is 0 Å². The molecular formula is C13H20N2O. The van der Waals surface area contributed by atoms with Gasteiger partial charge in [0.2, 0.25) is 0 Å². The molecule has 0 amide bonds. The molecule has 2 N–H and O–H groups in total. The van der Waals surface area contributed by atoms with Crippen molar-refractivity contribution in [3.8, 4) is 5.75 Å². The summed E-state index contributed by atoms with van der Waals surface area (Å²) in [6.07, 6.45) is 0. The van der Waals surface area contributed by atoms with Gasteiger partial charge in [-0.3, -0.25) is 4.90 Å². The average Bonchev–Trinajstić information content (AvgIpc) is 2.29. The molecule has 2 unspecified atom stereocenters. The quantitative estimate of drug-likeness (QED) is 0.797. The summed E-state index contributed by atoms with van der Waals surface area (Å²) in [5.41, 5.74) is 1.27. The van der Waals surface area contributed by atoms with Gasteiger partial charge in [-0.25, -0.2) is 0 Å². The minimum absolute atomic E-state index is 0.338. The van der Waals surface area contributed by atoms with Crippen LogP contribution in [0.15, 0.2) is 24.3 Å². The maximum atomic E-state index is 9.27. The normalized spacial score (nSPS) is 24.2. The number of aromatic hydroxyl groups is 1. The fraction of sp³-hybridized carbons (Fsp3) is 0.538. The SMILES string of the molecule is CC1CN(C(C)c2ccc(O)cc2)CCN1. The molecular weight excluding hydrogens is 200 g/mol. The van der Waals surface area contributed by atoms with Crippen molar-refractivity contribution in [2.75, 3.05) is 19.6 Å².